The van der Waals surface area contributed by atoms with Crippen molar-refractivity contribution in [2.45, 2.75) is 26.3 Å². The van der Waals surface area contributed by atoms with E-state index in [1.165, 1.54) is 11.6 Å². The van der Waals surface area contributed by atoms with Gasteiger partial charge in [0, 0.05) is 6.08 Å². The van der Waals surface area contributed by atoms with Crippen molar-refractivity contribution in [3.05, 3.63) is 77.4 Å². The van der Waals surface area contributed by atoms with Gasteiger partial charge in [-0.05, 0) is 42.8 Å². The van der Waals surface area contributed by atoms with Gasteiger partial charge in [0.05, 0.1) is 6.04 Å². The average molecular weight is 338 g/mol. The van der Waals surface area contributed by atoms with E-state index < -0.39 is 0 Å². The number of rotatable bonds is 5. The van der Waals surface area contributed by atoms with Gasteiger partial charge in [-0.15, -0.1) is 0 Å². The third kappa shape index (κ3) is 5.63. The summed E-state index contributed by atoms with van der Waals surface area (Å²) in [5.74, 6) is -0.240. The molecule has 1 amide bonds. The topological polar surface area (TPSA) is 41.1 Å². The van der Waals surface area contributed by atoms with Gasteiger partial charge < -0.3 is 5.32 Å². The summed E-state index contributed by atoms with van der Waals surface area (Å²) in [7, 11) is 0. The molecular formula is C20H22N2OS. The summed E-state index contributed by atoms with van der Waals surface area (Å²) in [4.78, 5) is 12.0. The maximum Gasteiger partial charge on any atom is 0.250 e. The molecule has 4 heteroatoms. The maximum atomic E-state index is 12.0. The summed E-state index contributed by atoms with van der Waals surface area (Å²) < 4.78 is 0. The predicted molar refractivity (Wildman–Crippen MR) is 104 cm³/mol. The van der Waals surface area contributed by atoms with Crippen LogP contribution in [0.4, 0.5) is 0 Å². The van der Waals surface area contributed by atoms with Crippen molar-refractivity contribution in [2.24, 2.45) is 0 Å². The van der Waals surface area contributed by atoms with Crippen LogP contribution in [-0.2, 0) is 4.79 Å². The second-order valence-corrected chi connectivity index (χ2v) is 5.99. The number of benzene rings is 2. The number of amides is 1. The number of carbonyl (C=O) groups is 1. The second-order valence-electron chi connectivity index (χ2n) is 5.58. The van der Waals surface area contributed by atoms with Crippen molar-refractivity contribution in [3.63, 3.8) is 0 Å². The van der Waals surface area contributed by atoms with Crippen LogP contribution in [-0.4, -0.2) is 11.0 Å². The van der Waals surface area contributed by atoms with Gasteiger partial charge in [0.2, 0.25) is 5.91 Å². The van der Waals surface area contributed by atoms with E-state index in [4.69, 9.17) is 12.2 Å². The van der Waals surface area contributed by atoms with Crippen LogP contribution in [0.15, 0.2) is 60.7 Å². The third-order valence-electron chi connectivity index (χ3n) is 3.66. The summed E-state index contributed by atoms with van der Waals surface area (Å²) >= 11 is 5.24. The van der Waals surface area contributed by atoms with Gasteiger partial charge in [0.25, 0.3) is 0 Å². The molecule has 0 aliphatic carbocycles. The molecule has 0 heterocycles. The normalized spacial score (nSPS) is 11.9. The van der Waals surface area contributed by atoms with Crippen molar-refractivity contribution in [1.29, 1.82) is 0 Å². The van der Waals surface area contributed by atoms with E-state index in [9.17, 15) is 4.79 Å². The minimum atomic E-state index is -0.240. The van der Waals surface area contributed by atoms with E-state index in [-0.39, 0.29) is 11.9 Å². The standard InChI is InChI=1S/C20H22N2OS/c1-3-18(17-7-5-4-6-8-17)21-20(24)22-19(23)14-13-16-11-9-15(2)10-12-16/h4-14,18H,3H2,1-2H3,(H2,21,22,23,24)/b14-13+. The Bertz CT molecular complexity index is 708. The maximum absolute atomic E-state index is 12.0. The quantitative estimate of drug-likeness (QED) is 0.636. The van der Waals surface area contributed by atoms with Gasteiger partial charge >= 0.3 is 0 Å². The first-order chi connectivity index (χ1) is 11.6. The van der Waals surface area contributed by atoms with Crippen molar-refractivity contribution in [3.8, 4) is 0 Å². The highest BCUT2D eigenvalue weighted by Crippen LogP contribution is 2.15. The van der Waals surface area contributed by atoms with Crippen LogP contribution < -0.4 is 10.6 Å². The Morgan fingerprint density at radius 2 is 1.79 bits per heavy atom. The van der Waals surface area contributed by atoms with E-state index in [0.29, 0.717) is 5.11 Å². The van der Waals surface area contributed by atoms with Gasteiger partial charge in [-0.25, -0.2) is 0 Å². The van der Waals surface area contributed by atoms with Crippen LogP contribution in [0.3, 0.4) is 0 Å². The van der Waals surface area contributed by atoms with Crippen LogP contribution in [0.5, 0.6) is 0 Å². The van der Waals surface area contributed by atoms with E-state index in [2.05, 4.69) is 17.6 Å². The summed E-state index contributed by atoms with van der Waals surface area (Å²) in [6, 6.07) is 18.1. The lowest BCUT2D eigenvalue weighted by Gasteiger charge is -2.19. The number of nitrogens with one attached hydrogen (secondary N) is 2. The monoisotopic (exact) mass is 338 g/mol. The fraction of sp³-hybridized carbons (Fsp3) is 0.200. The molecule has 24 heavy (non-hydrogen) atoms. The summed E-state index contributed by atoms with van der Waals surface area (Å²) in [5, 5.41) is 6.21. The Labute approximate surface area is 148 Å². The van der Waals surface area contributed by atoms with Crippen LogP contribution in [0.2, 0.25) is 0 Å². The number of hydrogen-bond acceptors (Lipinski definition) is 2. The highest BCUT2D eigenvalue weighted by atomic mass is 32.1. The SMILES string of the molecule is CCC(NC(=S)NC(=O)/C=C/c1ccc(C)cc1)c1ccccc1. The molecule has 0 bridgehead atoms. The molecule has 1 unspecified atom stereocenters. The summed E-state index contributed by atoms with van der Waals surface area (Å²) in [6.45, 7) is 4.10. The highest BCUT2D eigenvalue weighted by Gasteiger charge is 2.10. The predicted octanol–water partition coefficient (Wildman–Crippen LogP) is 4.15. The van der Waals surface area contributed by atoms with Crippen LogP contribution >= 0.6 is 12.2 Å². The van der Waals surface area contributed by atoms with Crippen LogP contribution in [0, 0.1) is 6.92 Å². The fourth-order valence-electron chi connectivity index (χ4n) is 2.30. The first-order valence-corrected chi connectivity index (χ1v) is 8.40. The molecule has 2 aromatic carbocycles. The molecule has 0 fully saturated rings. The molecular weight excluding hydrogens is 316 g/mol. The van der Waals surface area contributed by atoms with E-state index >= 15 is 0 Å². The lowest BCUT2D eigenvalue weighted by Crippen LogP contribution is -2.40. The molecule has 1 atom stereocenters. The van der Waals surface area contributed by atoms with E-state index in [1.807, 2.05) is 61.5 Å². The summed E-state index contributed by atoms with van der Waals surface area (Å²) in [5.41, 5.74) is 3.31. The van der Waals surface area contributed by atoms with E-state index in [1.54, 1.807) is 6.08 Å². The molecule has 124 valence electrons. The zero-order valence-electron chi connectivity index (χ0n) is 14.0. The molecule has 0 radical (unpaired) electrons. The molecule has 0 spiro atoms. The highest BCUT2D eigenvalue weighted by molar-refractivity contribution is 7.80. The van der Waals surface area contributed by atoms with Gasteiger partial charge in [-0.3, -0.25) is 10.1 Å². The lowest BCUT2D eigenvalue weighted by atomic mass is 10.1. The van der Waals surface area contributed by atoms with Gasteiger partial charge in [-0.2, -0.15) is 0 Å². The van der Waals surface area contributed by atoms with Crippen molar-refractivity contribution in [1.82, 2.24) is 10.6 Å². The van der Waals surface area contributed by atoms with Gasteiger partial charge in [-0.1, -0.05) is 67.1 Å². The van der Waals surface area contributed by atoms with Crippen molar-refractivity contribution >= 4 is 29.3 Å². The molecule has 0 aromatic heterocycles. The minimum absolute atomic E-state index is 0.0834. The number of thiocarbonyl (C=S) groups is 1. The Morgan fingerprint density at radius 1 is 1.12 bits per heavy atom. The Kier molecular flexibility index (Phi) is 6.70. The molecule has 0 saturated heterocycles. The Hall–Kier alpha value is -2.46. The van der Waals surface area contributed by atoms with Crippen molar-refractivity contribution < 1.29 is 4.79 Å². The first kappa shape index (κ1) is 17.9. The van der Waals surface area contributed by atoms with Gasteiger partial charge in [0.15, 0.2) is 5.11 Å². The molecule has 0 saturated carbocycles. The molecule has 2 rings (SSSR count). The van der Waals surface area contributed by atoms with Gasteiger partial charge in [0.1, 0.15) is 0 Å². The van der Waals surface area contributed by atoms with Crippen LogP contribution in [0.1, 0.15) is 36.1 Å². The Morgan fingerprint density at radius 3 is 2.42 bits per heavy atom. The number of carbonyl (C=O) groups excluding carboxylic acids is 1. The summed E-state index contributed by atoms with van der Waals surface area (Å²) in [6.07, 6.45) is 4.13. The average Bonchev–Trinajstić information content (AvgIpc) is 2.60. The molecule has 2 aromatic rings. The van der Waals surface area contributed by atoms with Crippen molar-refractivity contribution in [2.75, 3.05) is 0 Å². The number of aryl methyl sites for hydroxylation is 1. The third-order valence-corrected chi connectivity index (χ3v) is 3.88. The molecule has 0 aliphatic heterocycles. The zero-order valence-corrected chi connectivity index (χ0v) is 14.8. The zero-order chi connectivity index (χ0) is 17.4. The molecule has 2 N–H and O–H groups in total. The first-order valence-electron chi connectivity index (χ1n) is 7.99. The van der Waals surface area contributed by atoms with E-state index in [0.717, 1.165) is 17.5 Å². The Balaban J connectivity index is 1.89. The minimum Gasteiger partial charge on any atom is -0.356 e. The number of hydrogen-bond donors (Lipinski definition) is 2. The molecule has 0 aliphatic rings. The smallest absolute Gasteiger partial charge is 0.250 e. The lowest BCUT2D eigenvalue weighted by molar-refractivity contribution is -0.115. The molecule has 3 nitrogen and oxygen atoms in total. The van der Waals surface area contributed by atoms with Crippen LogP contribution in [0.25, 0.3) is 6.08 Å². The second kappa shape index (κ2) is 8.99. The largest absolute Gasteiger partial charge is 0.356 e. The fourth-order valence-corrected chi connectivity index (χ4v) is 2.55.